The second-order valence-electron chi connectivity index (χ2n) is 5.28. The Morgan fingerprint density at radius 2 is 2.14 bits per heavy atom. The van der Waals surface area contributed by atoms with Gasteiger partial charge in [-0.25, -0.2) is 0 Å². The van der Waals surface area contributed by atoms with Crippen LogP contribution in [0, 0.1) is 6.92 Å². The van der Waals surface area contributed by atoms with Crippen molar-refractivity contribution in [2.45, 2.75) is 19.8 Å². The molecule has 1 aliphatic heterocycles. The predicted molar refractivity (Wildman–Crippen MR) is 90.1 cm³/mol. The van der Waals surface area contributed by atoms with Gasteiger partial charge in [0.2, 0.25) is 0 Å². The van der Waals surface area contributed by atoms with E-state index in [2.05, 4.69) is 26.6 Å². The summed E-state index contributed by atoms with van der Waals surface area (Å²) < 4.78 is 0.997. The van der Waals surface area contributed by atoms with Gasteiger partial charge in [-0.1, -0.05) is 28.1 Å². The summed E-state index contributed by atoms with van der Waals surface area (Å²) in [6.45, 7) is 3.00. The van der Waals surface area contributed by atoms with E-state index in [4.69, 9.17) is 0 Å². The predicted octanol–water partition coefficient (Wildman–Crippen LogP) is 4.37. The number of anilines is 2. The number of carbonyl (C=O) groups is 1. The zero-order valence-corrected chi connectivity index (χ0v) is 13.5. The van der Waals surface area contributed by atoms with Crippen molar-refractivity contribution in [3.05, 3.63) is 57.6 Å². The second-order valence-corrected chi connectivity index (χ2v) is 6.13. The van der Waals surface area contributed by atoms with Crippen LogP contribution in [0.4, 0.5) is 11.4 Å². The van der Waals surface area contributed by atoms with Crippen LogP contribution in [0.3, 0.4) is 0 Å². The van der Waals surface area contributed by atoms with Crippen molar-refractivity contribution < 1.29 is 4.79 Å². The lowest BCUT2D eigenvalue weighted by atomic mass is 9.97. The molecule has 2 aromatic rings. The molecule has 1 aliphatic rings. The van der Waals surface area contributed by atoms with Crippen LogP contribution in [0.2, 0.25) is 0 Å². The number of fused-ring (bicyclic) bond motifs is 1. The van der Waals surface area contributed by atoms with Gasteiger partial charge in [0.05, 0.1) is 0 Å². The third-order valence-electron chi connectivity index (χ3n) is 3.77. The van der Waals surface area contributed by atoms with Crippen molar-refractivity contribution in [2.75, 3.05) is 17.2 Å². The van der Waals surface area contributed by atoms with Gasteiger partial charge < -0.3 is 10.6 Å². The van der Waals surface area contributed by atoms with E-state index in [0.29, 0.717) is 0 Å². The molecular formula is C17H17BrN2O. The SMILES string of the molecule is Cc1ccc(NC(=O)c2cccc3c2CCCN3)cc1Br. The number of halogens is 1. The second kappa shape index (κ2) is 5.90. The Labute approximate surface area is 132 Å². The van der Waals surface area contributed by atoms with E-state index >= 15 is 0 Å². The summed E-state index contributed by atoms with van der Waals surface area (Å²) >= 11 is 3.49. The Kier molecular flexibility index (Phi) is 3.97. The molecular weight excluding hydrogens is 328 g/mol. The Morgan fingerprint density at radius 3 is 2.95 bits per heavy atom. The molecule has 108 valence electrons. The topological polar surface area (TPSA) is 41.1 Å². The monoisotopic (exact) mass is 344 g/mol. The highest BCUT2D eigenvalue weighted by atomic mass is 79.9. The summed E-state index contributed by atoms with van der Waals surface area (Å²) in [4.78, 5) is 12.5. The number of hydrogen-bond acceptors (Lipinski definition) is 2. The zero-order valence-electron chi connectivity index (χ0n) is 11.9. The van der Waals surface area contributed by atoms with Crippen molar-refractivity contribution in [1.82, 2.24) is 0 Å². The molecule has 0 bridgehead atoms. The standard InChI is InChI=1S/C17H17BrN2O/c1-11-7-8-12(10-15(11)18)20-17(21)14-4-2-6-16-13(14)5-3-9-19-16/h2,4,6-8,10,19H,3,5,9H2,1H3,(H,20,21). The lowest BCUT2D eigenvalue weighted by Crippen LogP contribution is -2.19. The summed E-state index contributed by atoms with van der Waals surface area (Å²) in [5.74, 6) is -0.0497. The highest BCUT2D eigenvalue weighted by Gasteiger charge is 2.17. The summed E-state index contributed by atoms with van der Waals surface area (Å²) in [5.41, 5.74) is 4.91. The van der Waals surface area contributed by atoms with Gasteiger partial charge in [0.15, 0.2) is 0 Å². The van der Waals surface area contributed by atoms with Crippen LogP contribution >= 0.6 is 15.9 Å². The third kappa shape index (κ3) is 2.95. The Balaban J connectivity index is 1.87. The van der Waals surface area contributed by atoms with Crippen molar-refractivity contribution in [1.29, 1.82) is 0 Å². The van der Waals surface area contributed by atoms with Gasteiger partial charge in [-0.05, 0) is 55.2 Å². The fourth-order valence-electron chi connectivity index (χ4n) is 2.59. The molecule has 1 amide bonds. The highest BCUT2D eigenvalue weighted by Crippen LogP contribution is 2.26. The van der Waals surface area contributed by atoms with Gasteiger partial charge in [0.1, 0.15) is 0 Å². The number of nitrogens with one attached hydrogen (secondary N) is 2. The molecule has 3 rings (SSSR count). The lowest BCUT2D eigenvalue weighted by Gasteiger charge is -2.20. The number of amides is 1. The normalized spacial score (nSPS) is 13.2. The molecule has 0 saturated carbocycles. The van der Waals surface area contributed by atoms with Gasteiger partial charge in [0.25, 0.3) is 5.91 Å². The minimum absolute atomic E-state index is 0.0497. The number of rotatable bonds is 2. The molecule has 4 heteroatoms. The molecule has 2 aromatic carbocycles. The Morgan fingerprint density at radius 1 is 1.29 bits per heavy atom. The molecule has 0 fully saturated rings. The summed E-state index contributed by atoms with van der Waals surface area (Å²) in [7, 11) is 0. The number of aryl methyl sites for hydroxylation is 1. The van der Waals surface area contributed by atoms with E-state index in [9.17, 15) is 4.79 Å². The number of hydrogen-bond donors (Lipinski definition) is 2. The van der Waals surface area contributed by atoms with E-state index in [1.165, 1.54) is 0 Å². The fourth-order valence-corrected chi connectivity index (χ4v) is 2.97. The van der Waals surface area contributed by atoms with Crippen LogP contribution in [-0.2, 0) is 6.42 Å². The average molecular weight is 345 g/mol. The Bertz CT molecular complexity index is 697. The van der Waals surface area contributed by atoms with E-state index in [1.807, 2.05) is 43.3 Å². The quantitative estimate of drug-likeness (QED) is 0.849. The van der Waals surface area contributed by atoms with Crippen molar-refractivity contribution >= 4 is 33.2 Å². The van der Waals surface area contributed by atoms with Crippen LogP contribution in [-0.4, -0.2) is 12.5 Å². The molecule has 3 nitrogen and oxygen atoms in total. The van der Waals surface area contributed by atoms with Crippen LogP contribution in [0.5, 0.6) is 0 Å². The number of carbonyl (C=O) groups excluding carboxylic acids is 1. The van der Waals surface area contributed by atoms with E-state index in [-0.39, 0.29) is 5.91 Å². The molecule has 21 heavy (non-hydrogen) atoms. The fraction of sp³-hybridized carbons (Fsp3) is 0.235. The maximum Gasteiger partial charge on any atom is 0.256 e. The van der Waals surface area contributed by atoms with Crippen LogP contribution in [0.15, 0.2) is 40.9 Å². The van der Waals surface area contributed by atoms with Gasteiger partial charge in [-0.2, -0.15) is 0 Å². The molecule has 0 saturated heterocycles. The average Bonchev–Trinajstić information content (AvgIpc) is 2.50. The molecule has 1 heterocycles. The maximum atomic E-state index is 12.5. The van der Waals surface area contributed by atoms with Gasteiger partial charge >= 0.3 is 0 Å². The molecule has 0 aromatic heterocycles. The smallest absolute Gasteiger partial charge is 0.256 e. The first-order valence-electron chi connectivity index (χ1n) is 7.08. The molecule has 0 aliphatic carbocycles. The third-order valence-corrected chi connectivity index (χ3v) is 4.62. The summed E-state index contributed by atoms with van der Waals surface area (Å²) in [6, 6.07) is 11.7. The highest BCUT2D eigenvalue weighted by molar-refractivity contribution is 9.10. The first-order valence-corrected chi connectivity index (χ1v) is 7.88. The summed E-state index contributed by atoms with van der Waals surface area (Å²) in [6.07, 6.45) is 2.01. The molecule has 0 spiro atoms. The molecule has 0 radical (unpaired) electrons. The van der Waals surface area contributed by atoms with E-state index in [1.54, 1.807) is 0 Å². The minimum Gasteiger partial charge on any atom is -0.385 e. The van der Waals surface area contributed by atoms with E-state index < -0.39 is 0 Å². The summed E-state index contributed by atoms with van der Waals surface area (Å²) in [5, 5.41) is 6.33. The van der Waals surface area contributed by atoms with Gasteiger partial charge in [-0.3, -0.25) is 4.79 Å². The van der Waals surface area contributed by atoms with Crippen molar-refractivity contribution in [2.24, 2.45) is 0 Å². The molecule has 0 atom stereocenters. The number of benzene rings is 2. The minimum atomic E-state index is -0.0497. The van der Waals surface area contributed by atoms with Crippen LogP contribution in [0.25, 0.3) is 0 Å². The lowest BCUT2D eigenvalue weighted by molar-refractivity contribution is 0.102. The zero-order chi connectivity index (χ0) is 14.8. The largest absolute Gasteiger partial charge is 0.385 e. The van der Waals surface area contributed by atoms with Crippen LogP contribution in [0.1, 0.15) is 27.9 Å². The first-order chi connectivity index (χ1) is 10.1. The Hall–Kier alpha value is -1.81. The maximum absolute atomic E-state index is 12.5. The van der Waals surface area contributed by atoms with Gasteiger partial charge in [0, 0.05) is 28.0 Å². The first kappa shape index (κ1) is 14.1. The van der Waals surface area contributed by atoms with E-state index in [0.717, 1.165) is 51.9 Å². The van der Waals surface area contributed by atoms with Gasteiger partial charge in [-0.15, -0.1) is 0 Å². The van der Waals surface area contributed by atoms with Crippen molar-refractivity contribution in [3.8, 4) is 0 Å². The van der Waals surface area contributed by atoms with Crippen LogP contribution < -0.4 is 10.6 Å². The molecule has 0 unspecified atom stereocenters. The van der Waals surface area contributed by atoms with Crippen molar-refractivity contribution in [3.63, 3.8) is 0 Å². The molecule has 2 N–H and O–H groups in total.